The fraction of sp³-hybridized carbons (Fsp3) is 0.227. The molecule has 0 aliphatic carbocycles. The Hall–Kier alpha value is -3.68. The highest BCUT2D eigenvalue weighted by atomic mass is 19.1. The second kappa shape index (κ2) is 8.36. The Balaban J connectivity index is 1.71. The number of carbonyl (C=O) groups is 1. The van der Waals surface area contributed by atoms with Gasteiger partial charge in [-0.1, -0.05) is 37.3 Å². The Morgan fingerprint density at radius 3 is 2.73 bits per heavy atom. The summed E-state index contributed by atoms with van der Waals surface area (Å²) in [4.78, 5) is 18.0. The Kier molecular flexibility index (Phi) is 5.47. The molecule has 0 aliphatic heterocycles. The molecule has 7 nitrogen and oxygen atoms in total. The molecule has 1 N–H and O–H groups in total. The third-order valence-electron chi connectivity index (χ3n) is 4.96. The van der Waals surface area contributed by atoms with Crippen LogP contribution in [0.2, 0.25) is 0 Å². The number of rotatable bonds is 6. The van der Waals surface area contributed by atoms with Gasteiger partial charge in [0.2, 0.25) is 5.91 Å². The maximum absolute atomic E-state index is 13.7. The first-order valence-corrected chi connectivity index (χ1v) is 9.73. The Morgan fingerprint density at radius 2 is 2.00 bits per heavy atom. The highest BCUT2D eigenvalue weighted by Crippen LogP contribution is 2.25. The normalized spacial score (nSPS) is 12.1. The number of halogens is 1. The second-order valence-corrected chi connectivity index (χ2v) is 7.04. The summed E-state index contributed by atoms with van der Waals surface area (Å²) in [7, 11) is 0. The molecule has 0 spiro atoms. The lowest BCUT2D eigenvalue weighted by molar-refractivity contribution is -0.119. The molecule has 30 heavy (non-hydrogen) atoms. The van der Waals surface area contributed by atoms with E-state index in [4.69, 9.17) is 0 Å². The number of tetrazole rings is 1. The number of aryl methyl sites for hydroxylation is 2. The number of hydrogen-bond donors (Lipinski definition) is 1. The highest BCUT2D eigenvalue weighted by Gasteiger charge is 2.25. The number of nitrogens with zero attached hydrogens (tertiary/aromatic N) is 5. The van der Waals surface area contributed by atoms with Gasteiger partial charge in [-0.3, -0.25) is 9.78 Å². The Bertz CT molecular complexity index is 1210. The molecular formula is C22H21FN6O. The maximum atomic E-state index is 13.7. The topological polar surface area (TPSA) is 85.6 Å². The molecule has 2 aromatic carbocycles. The van der Waals surface area contributed by atoms with Crippen molar-refractivity contribution < 1.29 is 9.18 Å². The molecule has 2 heterocycles. The third-order valence-corrected chi connectivity index (χ3v) is 4.96. The molecule has 0 radical (unpaired) electrons. The first-order chi connectivity index (χ1) is 14.5. The monoisotopic (exact) mass is 404 g/mol. The molecule has 1 amide bonds. The number of fused-ring (bicyclic) bond motifs is 1. The summed E-state index contributed by atoms with van der Waals surface area (Å²) in [5.74, 6) is -0.138. The summed E-state index contributed by atoms with van der Waals surface area (Å²) in [5.41, 5.74) is 3.05. The Morgan fingerprint density at radius 1 is 1.17 bits per heavy atom. The fourth-order valence-electron chi connectivity index (χ4n) is 3.43. The van der Waals surface area contributed by atoms with Gasteiger partial charge in [-0.25, -0.2) is 9.07 Å². The summed E-state index contributed by atoms with van der Waals surface area (Å²) < 4.78 is 15.2. The largest absolute Gasteiger partial charge is 0.324 e. The minimum atomic E-state index is -0.737. The molecular weight excluding hydrogens is 383 g/mol. The summed E-state index contributed by atoms with van der Waals surface area (Å²) in [5, 5.41) is 15.4. The van der Waals surface area contributed by atoms with Crippen molar-refractivity contribution in [3.63, 3.8) is 0 Å². The van der Waals surface area contributed by atoms with Crippen LogP contribution in [0, 0.1) is 12.7 Å². The van der Waals surface area contributed by atoms with E-state index < -0.39 is 6.04 Å². The number of pyridine rings is 1. The van der Waals surface area contributed by atoms with Gasteiger partial charge in [0.05, 0.1) is 11.2 Å². The van der Waals surface area contributed by atoms with Crippen molar-refractivity contribution in [3.05, 3.63) is 77.5 Å². The van der Waals surface area contributed by atoms with Crippen molar-refractivity contribution in [1.29, 1.82) is 0 Å². The number of nitrogens with one attached hydrogen (secondary N) is 1. The summed E-state index contributed by atoms with van der Waals surface area (Å²) >= 11 is 0. The lowest BCUT2D eigenvalue weighted by Gasteiger charge is -2.19. The van der Waals surface area contributed by atoms with Gasteiger partial charge in [-0.2, -0.15) is 0 Å². The second-order valence-electron chi connectivity index (χ2n) is 7.04. The predicted molar refractivity (Wildman–Crippen MR) is 111 cm³/mol. The molecule has 2 aromatic heterocycles. The van der Waals surface area contributed by atoms with Crippen LogP contribution >= 0.6 is 0 Å². The molecule has 0 saturated carbocycles. The standard InChI is InChI=1S/C22H21FN6O/c1-3-17-13-20(18-9-4-5-10-19(18)24-17)25-22(30)21(29-14(2)26-27-28-29)12-15-7-6-8-16(23)11-15/h4-11,13,21H,3,12H2,1-2H3,(H,24,25,30)/t21-/m0/s1. The van der Waals surface area contributed by atoms with Gasteiger partial charge in [0.1, 0.15) is 17.7 Å². The average Bonchev–Trinajstić information content (AvgIpc) is 3.17. The van der Waals surface area contributed by atoms with Crippen LogP contribution in [0.5, 0.6) is 0 Å². The van der Waals surface area contributed by atoms with Crippen molar-refractivity contribution in [3.8, 4) is 0 Å². The van der Waals surface area contributed by atoms with E-state index in [2.05, 4.69) is 25.8 Å². The van der Waals surface area contributed by atoms with E-state index in [0.29, 0.717) is 17.1 Å². The van der Waals surface area contributed by atoms with Crippen molar-refractivity contribution >= 4 is 22.5 Å². The first-order valence-electron chi connectivity index (χ1n) is 9.73. The summed E-state index contributed by atoms with van der Waals surface area (Å²) in [6, 6.07) is 15.0. The quantitative estimate of drug-likeness (QED) is 0.530. The van der Waals surface area contributed by atoms with Crippen molar-refractivity contribution in [2.45, 2.75) is 32.7 Å². The van der Waals surface area contributed by atoms with Crippen LogP contribution in [0.25, 0.3) is 10.9 Å². The molecule has 0 bridgehead atoms. The molecule has 0 unspecified atom stereocenters. The van der Waals surface area contributed by atoms with E-state index in [-0.39, 0.29) is 18.1 Å². The van der Waals surface area contributed by atoms with Crippen LogP contribution in [0.1, 0.15) is 30.0 Å². The predicted octanol–water partition coefficient (Wildman–Crippen LogP) is 3.65. The van der Waals surface area contributed by atoms with E-state index in [0.717, 1.165) is 23.0 Å². The maximum Gasteiger partial charge on any atom is 0.249 e. The van der Waals surface area contributed by atoms with E-state index in [1.165, 1.54) is 16.8 Å². The van der Waals surface area contributed by atoms with Gasteiger partial charge in [0, 0.05) is 17.5 Å². The van der Waals surface area contributed by atoms with Gasteiger partial charge in [-0.05, 0) is 53.6 Å². The molecule has 0 saturated heterocycles. The van der Waals surface area contributed by atoms with Crippen LogP contribution < -0.4 is 5.32 Å². The number of amides is 1. The molecule has 4 rings (SSSR count). The lowest BCUT2D eigenvalue weighted by Crippen LogP contribution is -2.29. The SMILES string of the molecule is CCc1cc(NC(=O)[C@H](Cc2cccc(F)c2)n2nnnc2C)c2ccccc2n1. The van der Waals surface area contributed by atoms with Gasteiger partial charge in [-0.15, -0.1) is 5.10 Å². The number of para-hydroxylation sites is 1. The molecule has 0 fully saturated rings. The fourth-order valence-corrected chi connectivity index (χ4v) is 3.43. The van der Waals surface area contributed by atoms with Crippen LogP contribution in [0.3, 0.4) is 0 Å². The van der Waals surface area contributed by atoms with Gasteiger partial charge >= 0.3 is 0 Å². The van der Waals surface area contributed by atoms with E-state index in [1.807, 2.05) is 37.3 Å². The van der Waals surface area contributed by atoms with Crippen molar-refractivity contribution in [2.24, 2.45) is 0 Å². The van der Waals surface area contributed by atoms with Crippen LogP contribution in [0.15, 0.2) is 54.6 Å². The summed E-state index contributed by atoms with van der Waals surface area (Å²) in [6.07, 6.45) is 0.992. The van der Waals surface area contributed by atoms with Crippen LogP contribution in [-0.4, -0.2) is 31.1 Å². The van der Waals surface area contributed by atoms with Gasteiger partial charge in [0.15, 0.2) is 0 Å². The molecule has 8 heteroatoms. The van der Waals surface area contributed by atoms with Crippen molar-refractivity contribution in [2.75, 3.05) is 5.32 Å². The molecule has 152 valence electrons. The zero-order valence-corrected chi connectivity index (χ0v) is 16.7. The first kappa shape index (κ1) is 19.6. The molecule has 4 aromatic rings. The van der Waals surface area contributed by atoms with Crippen LogP contribution in [0.4, 0.5) is 10.1 Å². The summed E-state index contributed by atoms with van der Waals surface area (Å²) in [6.45, 7) is 3.74. The number of hydrogen-bond acceptors (Lipinski definition) is 5. The highest BCUT2D eigenvalue weighted by molar-refractivity contribution is 6.02. The number of aromatic nitrogens is 5. The smallest absolute Gasteiger partial charge is 0.249 e. The van der Waals surface area contributed by atoms with Gasteiger partial charge in [0.25, 0.3) is 0 Å². The Labute approximate surface area is 172 Å². The third kappa shape index (κ3) is 4.03. The minimum Gasteiger partial charge on any atom is -0.324 e. The van der Waals surface area contributed by atoms with E-state index in [9.17, 15) is 9.18 Å². The molecule has 0 aliphatic rings. The van der Waals surface area contributed by atoms with Gasteiger partial charge < -0.3 is 5.32 Å². The van der Waals surface area contributed by atoms with Crippen LogP contribution in [-0.2, 0) is 17.6 Å². The van der Waals surface area contributed by atoms with E-state index in [1.54, 1.807) is 19.1 Å². The lowest BCUT2D eigenvalue weighted by atomic mass is 10.0. The zero-order chi connectivity index (χ0) is 21.1. The minimum absolute atomic E-state index is 0.249. The number of carbonyl (C=O) groups excluding carboxylic acids is 1. The zero-order valence-electron chi connectivity index (χ0n) is 16.7. The molecule has 1 atom stereocenters. The number of benzene rings is 2. The van der Waals surface area contributed by atoms with E-state index >= 15 is 0 Å². The van der Waals surface area contributed by atoms with Crippen molar-refractivity contribution in [1.82, 2.24) is 25.2 Å². The number of anilines is 1. The average molecular weight is 404 g/mol.